The number of carbonyl (C=O) groups is 1. The number of halogens is 1. The van der Waals surface area contributed by atoms with Crippen LogP contribution < -0.4 is 4.72 Å². The molecule has 2 aliphatic carbocycles. The molecule has 2 saturated carbocycles. The summed E-state index contributed by atoms with van der Waals surface area (Å²) in [7, 11) is -3.45. The first kappa shape index (κ1) is 21.7. The maximum Gasteiger partial charge on any atom is 0.407 e. The van der Waals surface area contributed by atoms with Gasteiger partial charge in [0.2, 0.25) is 10.0 Å². The molecule has 6 atom stereocenters. The molecule has 1 aliphatic heterocycles. The minimum atomic E-state index is -3.45. The van der Waals surface area contributed by atoms with Crippen molar-refractivity contribution >= 4 is 27.7 Å². The van der Waals surface area contributed by atoms with E-state index in [1.54, 1.807) is 19.3 Å². The van der Waals surface area contributed by atoms with Crippen LogP contribution >= 0.6 is 11.6 Å². The van der Waals surface area contributed by atoms with Crippen LogP contribution in [-0.4, -0.2) is 71.6 Å². The Labute approximate surface area is 181 Å². The molecule has 9 nitrogen and oxygen atoms in total. The number of ether oxygens (including phenoxy) is 1. The lowest BCUT2D eigenvalue weighted by atomic mass is 9.86. The maximum absolute atomic E-state index is 11.7. The molecule has 30 heavy (non-hydrogen) atoms. The summed E-state index contributed by atoms with van der Waals surface area (Å²) in [5, 5.41) is 10.1. The number of nitrogens with one attached hydrogen (secondary N) is 1. The van der Waals surface area contributed by atoms with Crippen LogP contribution in [0.4, 0.5) is 4.79 Å². The summed E-state index contributed by atoms with van der Waals surface area (Å²) in [5.74, 6) is 1.29. The van der Waals surface area contributed by atoms with E-state index in [9.17, 15) is 18.3 Å². The van der Waals surface area contributed by atoms with Gasteiger partial charge in [-0.05, 0) is 44.9 Å². The maximum atomic E-state index is 11.7. The highest BCUT2D eigenvalue weighted by molar-refractivity contribution is 7.88. The van der Waals surface area contributed by atoms with Crippen molar-refractivity contribution in [1.82, 2.24) is 19.6 Å². The molecule has 0 spiro atoms. The van der Waals surface area contributed by atoms with Gasteiger partial charge in [0.15, 0.2) is 0 Å². The highest BCUT2D eigenvalue weighted by Crippen LogP contribution is 2.61. The summed E-state index contributed by atoms with van der Waals surface area (Å²) in [6, 6.07) is -1.31. The molecule has 1 saturated heterocycles. The van der Waals surface area contributed by atoms with Crippen LogP contribution in [0.15, 0.2) is 12.4 Å². The molecule has 0 bridgehead atoms. The third-order valence-electron chi connectivity index (χ3n) is 6.74. The lowest BCUT2D eigenvalue weighted by Gasteiger charge is -2.32. The van der Waals surface area contributed by atoms with Crippen molar-refractivity contribution in [2.24, 2.45) is 5.92 Å². The highest BCUT2D eigenvalue weighted by atomic mass is 35.5. The fourth-order valence-corrected chi connectivity index (χ4v) is 6.18. The molecule has 2 N–H and O–H groups in total. The fraction of sp³-hybridized carbons (Fsp3) is 0.737. The van der Waals surface area contributed by atoms with Gasteiger partial charge in [0, 0.05) is 29.9 Å². The van der Waals surface area contributed by atoms with Crippen molar-refractivity contribution in [1.29, 1.82) is 0 Å². The molecule has 0 radical (unpaired) electrons. The summed E-state index contributed by atoms with van der Waals surface area (Å²) in [6.07, 6.45) is 7.38. The quantitative estimate of drug-likeness (QED) is 0.668. The molecular formula is C19H27ClN4O5S. The Morgan fingerprint density at radius 2 is 2.10 bits per heavy atom. The molecule has 1 aromatic rings. The zero-order valence-electron chi connectivity index (χ0n) is 17.0. The Morgan fingerprint density at radius 1 is 1.40 bits per heavy atom. The molecule has 0 unspecified atom stereocenters. The van der Waals surface area contributed by atoms with Gasteiger partial charge in [-0.1, -0.05) is 11.6 Å². The van der Waals surface area contributed by atoms with E-state index in [4.69, 9.17) is 16.3 Å². The van der Waals surface area contributed by atoms with E-state index in [0.29, 0.717) is 17.4 Å². The van der Waals surface area contributed by atoms with Gasteiger partial charge in [-0.15, -0.1) is 0 Å². The predicted molar refractivity (Wildman–Crippen MR) is 110 cm³/mol. The Hall–Kier alpha value is -1.49. The highest BCUT2D eigenvalue weighted by Gasteiger charge is 2.60. The minimum absolute atomic E-state index is 0.0137. The average Bonchev–Trinajstić information content (AvgIpc) is 3.30. The van der Waals surface area contributed by atoms with E-state index in [1.165, 1.54) is 4.90 Å². The average molecular weight is 459 g/mol. The number of nitrogens with zero attached hydrogens (tertiary/aromatic N) is 3. The molecule has 166 valence electrons. The number of hydrogen-bond donors (Lipinski definition) is 2. The number of aromatic nitrogens is 2. The second-order valence-electron chi connectivity index (χ2n) is 8.85. The zero-order chi connectivity index (χ0) is 21.7. The largest absolute Gasteiger partial charge is 0.465 e. The van der Waals surface area contributed by atoms with Crippen molar-refractivity contribution in [3.8, 4) is 0 Å². The van der Waals surface area contributed by atoms with E-state index >= 15 is 0 Å². The smallest absolute Gasteiger partial charge is 0.407 e. The standard InChI is InChI=1S/C19H27ClN4O5S/c1-11-5-15(23-30(2,27)28)16(24(11)18(25)26)10-29-14-3-4-19(7-12(19)6-14)17-21-8-13(20)9-22-17/h8-9,11-12,14-16,23H,3-7,10H2,1-2H3,(H,25,26)/t11-,12+,14-,15+,16+,19+/m1/s1. The monoisotopic (exact) mass is 458 g/mol. The number of carboxylic acid groups (broad SMARTS) is 1. The first-order valence-corrected chi connectivity index (χ1v) is 12.4. The van der Waals surface area contributed by atoms with E-state index < -0.39 is 28.2 Å². The SMILES string of the molecule is C[C@@H]1C[C@H](NS(C)(=O)=O)[C@H](CO[C@@H]2CC[C@]3(c4ncc(Cl)cn4)C[C@@H]3C2)N1C(=O)O. The van der Waals surface area contributed by atoms with Crippen LogP contribution in [0.25, 0.3) is 0 Å². The lowest BCUT2D eigenvalue weighted by molar-refractivity contribution is -0.00874. The Balaban J connectivity index is 1.38. The van der Waals surface area contributed by atoms with Gasteiger partial charge < -0.3 is 9.84 Å². The Bertz CT molecular complexity index is 914. The normalized spacial score (nSPS) is 35.8. The molecular weight excluding hydrogens is 432 g/mol. The first-order chi connectivity index (χ1) is 14.1. The third-order valence-corrected chi connectivity index (χ3v) is 7.66. The van der Waals surface area contributed by atoms with Gasteiger partial charge in [-0.25, -0.2) is 27.9 Å². The fourth-order valence-electron chi connectivity index (χ4n) is 5.28. The molecule has 3 aliphatic rings. The number of fused-ring (bicyclic) bond motifs is 1. The summed E-state index contributed by atoms with van der Waals surface area (Å²) in [5.41, 5.74) is 0.0137. The van der Waals surface area contributed by atoms with Crippen molar-refractivity contribution in [3.63, 3.8) is 0 Å². The third kappa shape index (κ3) is 4.28. The molecule has 0 aromatic carbocycles. The number of likely N-dealkylation sites (tertiary alicyclic amines) is 1. The van der Waals surface area contributed by atoms with E-state index in [2.05, 4.69) is 14.7 Å². The van der Waals surface area contributed by atoms with Crippen LogP contribution in [0, 0.1) is 5.92 Å². The van der Waals surface area contributed by atoms with E-state index in [-0.39, 0.29) is 24.2 Å². The number of amides is 1. The zero-order valence-corrected chi connectivity index (χ0v) is 18.6. The number of hydrogen-bond acceptors (Lipinski definition) is 6. The predicted octanol–water partition coefficient (Wildman–Crippen LogP) is 2.02. The molecule has 4 rings (SSSR count). The minimum Gasteiger partial charge on any atom is -0.465 e. The van der Waals surface area contributed by atoms with Crippen molar-refractivity contribution in [2.75, 3.05) is 12.9 Å². The van der Waals surface area contributed by atoms with Crippen molar-refractivity contribution < 1.29 is 23.1 Å². The lowest BCUT2D eigenvalue weighted by Crippen LogP contribution is -2.50. The second-order valence-corrected chi connectivity index (χ2v) is 11.1. The van der Waals surface area contributed by atoms with Gasteiger partial charge >= 0.3 is 6.09 Å². The van der Waals surface area contributed by atoms with Crippen molar-refractivity contribution in [3.05, 3.63) is 23.2 Å². The van der Waals surface area contributed by atoms with Crippen LogP contribution in [0.5, 0.6) is 0 Å². The molecule has 1 amide bonds. The van der Waals surface area contributed by atoms with Gasteiger partial charge in [-0.3, -0.25) is 4.90 Å². The van der Waals surface area contributed by atoms with E-state index in [0.717, 1.165) is 37.8 Å². The first-order valence-electron chi connectivity index (χ1n) is 10.2. The topological polar surface area (TPSA) is 122 Å². The van der Waals surface area contributed by atoms with E-state index in [1.807, 2.05) is 0 Å². The van der Waals surface area contributed by atoms with Crippen LogP contribution in [-0.2, 0) is 20.2 Å². The second kappa shape index (κ2) is 7.89. The van der Waals surface area contributed by atoms with Crippen LogP contribution in [0.1, 0.15) is 44.9 Å². The molecule has 2 heterocycles. The number of rotatable bonds is 6. The summed E-state index contributed by atoms with van der Waals surface area (Å²) in [6.45, 7) is 1.96. The summed E-state index contributed by atoms with van der Waals surface area (Å²) >= 11 is 5.90. The summed E-state index contributed by atoms with van der Waals surface area (Å²) < 4.78 is 32.2. The summed E-state index contributed by atoms with van der Waals surface area (Å²) in [4.78, 5) is 21.9. The van der Waals surface area contributed by atoms with Gasteiger partial charge in [0.05, 0.1) is 30.0 Å². The van der Waals surface area contributed by atoms with Gasteiger partial charge in [-0.2, -0.15) is 0 Å². The Kier molecular flexibility index (Phi) is 5.71. The Morgan fingerprint density at radius 3 is 2.70 bits per heavy atom. The van der Waals surface area contributed by atoms with Crippen molar-refractivity contribution in [2.45, 2.75) is 68.7 Å². The van der Waals surface area contributed by atoms with Gasteiger partial charge in [0.1, 0.15) is 5.82 Å². The van der Waals surface area contributed by atoms with Gasteiger partial charge in [0.25, 0.3) is 0 Å². The van der Waals surface area contributed by atoms with Crippen LogP contribution in [0.2, 0.25) is 5.02 Å². The molecule has 1 aromatic heterocycles. The molecule has 11 heteroatoms. The van der Waals surface area contributed by atoms with Crippen LogP contribution in [0.3, 0.4) is 0 Å². The molecule has 3 fully saturated rings. The number of sulfonamides is 1.